The van der Waals surface area contributed by atoms with Gasteiger partial charge in [0.2, 0.25) is 5.91 Å². The number of anilines is 1. The van der Waals surface area contributed by atoms with Gasteiger partial charge in [0, 0.05) is 35.3 Å². The van der Waals surface area contributed by atoms with Crippen molar-refractivity contribution in [3.8, 4) is 5.75 Å². The number of carbonyl (C=O) groups is 2. The highest BCUT2D eigenvalue weighted by Gasteiger charge is 2.51. The fraction of sp³-hybridized carbons (Fsp3) is 0.481. The number of likely N-dealkylation sites (tertiary alicyclic amines) is 1. The van der Waals surface area contributed by atoms with Crippen LogP contribution >= 0.6 is 11.6 Å². The van der Waals surface area contributed by atoms with Crippen LogP contribution in [0.3, 0.4) is 0 Å². The number of aliphatic carboxylic acids is 1. The van der Waals surface area contributed by atoms with E-state index in [0.29, 0.717) is 10.7 Å². The van der Waals surface area contributed by atoms with Gasteiger partial charge in [-0.1, -0.05) is 29.8 Å². The first-order valence-corrected chi connectivity index (χ1v) is 12.5. The van der Waals surface area contributed by atoms with E-state index in [9.17, 15) is 14.7 Å². The summed E-state index contributed by atoms with van der Waals surface area (Å²) in [5.41, 5.74) is 1.22. The average molecular weight is 499 g/mol. The molecule has 0 radical (unpaired) electrons. The maximum absolute atomic E-state index is 13.2. The van der Waals surface area contributed by atoms with Crippen LogP contribution in [0.25, 0.3) is 0 Å². The van der Waals surface area contributed by atoms with Gasteiger partial charge in [-0.2, -0.15) is 0 Å². The molecule has 0 bridgehead atoms. The van der Waals surface area contributed by atoms with Gasteiger partial charge in [0.15, 0.2) is 0 Å². The van der Waals surface area contributed by atoms with E-state index in [2.05, 4.69) is 18.7 Å². The van der Waals surface area contributed by atoms with E-state index >= 15 is 0 Å². The monoisotopic (exact) mass is 498 g/mol. The van der Waals surface area contributed by atoms with Crippen LogP contribution in [0, 0.1) is 11.8 Å². The lowest BCUT2D eigenvalue weighted by atomic mass is 9.70. The molecule has 2 aromatic rings. The Morgan fingerprint density at radius 1 is 1.20 bits per heavy atom. The number of hydrogen-bond donors (Lipinski definition) is 1. The van der Waals surface area contributed by atoms with E-state index in [0.717, 1.165) is 37.2 Å². The first kappa shape index (κ1) is 24.1. The second-order valence-corrected chi connectivity index (χ2v) is 10.8. The van der Waals surface area contributed by atoms with Crippen LogP contribution in [-0.4, -0.2) is 59.8 Å². The number of carboxylic acid groups (broad SMARTS) is 1. The normalized spacial score (nSPS) is 27.1. The zero-order chi connectivity index (χ0) is 24.7. The summed E-state index contributed by atoms with van der Waals surface area (Å²) < 4.78 is 13.1. The molecule has 0 saturated carbocycles. The number of para-hydroxylation sites is 1. The molecule has 3 heterocycles. The molecule has 0 unspecified atom stereocenters. The Morgan fingerprint density at radius 2 is 1.97 bits per heavy atom. The fourth-order valence-corrected chi connectivity index (χ4v) is 6.02. The van der Waals surface area contributed by atoms with Crippen molar-refractivity contribution in [1.29, 1.82) is 0 Å². The van der Waals surface area contributed by atoms with Gasteiger partial charge in [-0.05, 0) is 62.9 Å². The molecule has 35 heavy (non-hydrogen) atoms. The molecule has 5 rings (SSSR count). The largest absolute Gasteiger partial charge is 0.487 e. The minimum Gasteiger partial charge on any atom is -0.487 e. The number of nitrogens with zero attached hydrogens (tertiary/aromatic N) is 2. The Hall–Kier alpha value is -2.61. The van der Waals surface area contributed by atoms with Gasteiger partial charge in [-0.25, -0.2) is 0 Å². The maximum atomic E-state index is 13.2. The maximum Gasteiger partial charge on any atom is 0.323 e. The van der Waals surface area contributed by atoms with Crippen LogP contribution in [0.4, 0.5) is 5.69 Å². The van der Waals surface area contributed by atoms with Crippen molar-refractivity contribution in [2.45, 2.75) is 44.5 Å². The summed E-state index contributed by atoms with van der Waals surface area (Å²) in [7, 11) is 0. The third kappa shape index (κ3) is 4.90. The number of amides is 1. The summed E-state index contributed by atoms with van der Waals surface area (Å²) in [5, 5.41) is 10.0. The number of carboxylic acids is 1. The molecule has 2 fully saturated rings. The second-order valence-electron chi connectivity index (χ2n) is 10.3. The lowest BCUT2D eigenvalue weighted by Gasteiger charge is -2.53. The summed E-state index contributed by atoms with van der Waals surface area (Å²) in [5.74, 6) is 0.0231. The lowest BCUT2D eigenvalue weighted by Crippen LogP contribution is -2.56. The standard InChI is InChI=1S/C27H31ClN2O5/c1-27(2)21-12-17-14-29(15-24(31)30(16-25(32)33)19-6-4-3-5-7-19)11-10-22(17)34-26(21)20-13-18(28)8-9-23(20)35-27/h3-9,13,17,21-22,26H,10-12,14-16H2,1-2H3,(H,32,33)/t17-,21-,22-,26+/m1/s1. The summed E-state index contributed by atoms with van der Waals surface area (Å²) >= 11 is 6.29. The van der Waals surface area contributed by atoms with Gasteiger partial charge in [-0.3, -0.25) is 14.5 Å². The van der Waals surface area contributed by atoms with Crippen molar-refractivity contribution >= 4 is 29.2 Å². The first-order chi connectivity index (χ1) is 16.7. The Labute approximate surface area is 210 Å². The van der Waals surface area contributed by atoms with Crippen molar-refractivity contribution in [2.75, 3.05) is 31.1 Å². The Kier molecular flexibility index (Phi) is 6.51. The topological polar surface area (TPSA) is 79.3 Å². The zero-order valence-corrected chi connectivity index (χ0v) is 20.8. The fourth-order valence-electron chi connectivity index (χ4n) is 5.84. The molecule has 1 amide bonds. The van der Waals surface area contributed by atoms with Gasteiger partial charge < -0.3 is 19.5 Å². The summed E-state index contributed by atoms with van der Waals surface area (Å²) in [6.07, 6.45) is 1.79. The highest BCUT2D eigenvalue weighted by Crippen LogP contribution is 2.53. The molecular formula is C27H31ClN2O5. The van der Waals surface area contributed by atoms with Gasteiger partial charge >= 0.3 is 5.97 Å². The highest BCUT2D eigenvalue weighted by atomic mass is 35.5. The van der Waals surface area contributed by atoms with E-state index in [4.69, 9.17) is 21.1 Å². The lowest BCUT2D eigenvalue weighted by molar-refractivity contribution is -0.187. The van der Waals surface area contributed by atoms with Crippen LogP contribution in [-0.2, 0) is 14.3 Å². The number of benzene rings is 2. The molecule has 1 N–H and O–H groups in total. The number of rotatable bonds is 5. The Morgan fingerprint density at radius 3 is 2.71 bits per heavy atom. The smallest absolute Gasteiger partial charge is 0.323 e. The molecule has 3 aliphatic heterocycles. The number of carbonyl (C=O) groups excluding carboxylic acids is 1. The first-order valence-electron chi connectivity index (χ1n) is 12.1. The summed E-state index contributed by atoms with van der Waals surface area (Å²) in [6.45, 7) is 5.50. The Balaban J connectivity index is 1.29. The van der Waals surface area contributed by atoms with E-state index in [1.54, 1.807) is 24.3 Å². The minimum absolute atomic E-state index is 0.0639. The number of halogens is 1. The molecule has 4 atom stereocenters. The molecule has 0 spiro atoms. The summed E-state index contributed by atoms with van der Waals surface area (Å²) in [6, 6.07) is 14.7. The molecule has 8 heteroatoms. The van der Waals surface area contributed by atoms with Crippen molar-refractivity contribution in [3.05, 3.63) is 59.1 Å². The Bertz CT molecular complexity index is 1110. The number of piperidine rings is 1. The molecule has 2 saturated heterocycles. The number of hydrogen-bond acceptors (Lipinski definition) is 5. The van der Waals surface area contributed by atoms with Crippen molar-refractivity contribution in [1.82, 2.24) is 4.90 Å². The highest BCUT2D eigenvalue weighted by molar-refractivity contribution is 6.30. The van der Waals surface area contributed by atoms with E-state index in [1.807, 2.05) is 24.3 Å². The molecule has 186 valence electrons. The van der Waals surface area contributed by atoms with Crippen LogP contribution in [0.1, 0.15) is 38.4 Å². The number of fused-ring (bicyclic) bond motifs is 4. The van der Waals surface area contributed by atoms with Crippen LogP contribution in [0.5, 0.6) is 5.75 Å². The average Bonchev–Trinajstić information content (AvgIpc) is 2.82. The predicted octanol–water partition coefficient (Wildman–Crippen LogP) is 4.40. The van der Waals surface area contributed by atoms with Crippen molar-refractivity contribution < 1.29 is 24.2 Å². The van der Waals surface area contributed by atoms with Gasteiger partial charge in [0.25, 0.3) is 0 Å². The predicted molar refractivity (Wildman–Crippen MR) is 133 cm³/mol. The second kappa shape index (κ2) is 9.45. The van der Waals surface area contributed by atoms with E-state index < -0.39 is 5.97 Å². The molecule has 2 aromatic carbocycles. The van der Waals surface area contributed by atoms with Crippen LogP contribution < -0.4 is 9.64 Å². The van der Waals surface area contributed by atoms with Crippen molar-refractivity contribution in [2.24, 2.45) is 11.8 Å². The van der Waals surface area contributed by atoms with Crippen LogP contribution in [0.15, 0.2) is 48.5 Å². The molecule has 3 aliphatic rings. The third-order valence-electron chi connectivity index (χ3n) is 7.56. The van der Waals surface area contributed by atoms with Crippen LogP contribution in [0.2, 0.25) is 5.02 Å². The molecule has 7 nitrogen and oxygen atoms in total. The third-order valence-corrected chi connectivity index (χ3v) is 7.79. The van der Waals surface area contributed by atoms with Gasteiger partial charge in [-0.15, -0.1) is 0 Å². The summed E-state index contributed by atoms with van der Waals surface area (Å²) in [4.78, 5) is 28.1. The minimum atomic E-state index is -1.03. The molecule has 0 aliphatic carbocycles. The SMILES string of the molecule is CC1(C)Oc2ccc(Cl)cc2[C@@H]2O[C@@H]3CCN(CC(=O)N(CC(=O)O)c4ccccc4)C[C@H]3C[C@H]21. The van der Waals surface area contributed by atoms with Gasteiger partial charge in [0.05, 0.1) is 18.8 Å². The van der Waals surface area contributed by atoms with Gasteiger partial charge in [0.1, 0.15) is 17.9 Å². The quantitative estimate of drug-likeness (QED) is 0.658. The van der Waals surface area contributed by atoms with E-state index in [1.165, 1.54) is 4.90 Å². The van der Waals surface area contributed by atoms with Crippen molar-refractivity contribution in [3.63, 3.8) is 0 Å². The van der Waals surface area contributed by atoms with E-state index in [-0.39, 0.29) is 48.6 Å². The zero-order valence-electron chi connectivity index (χ0n) is 20.0. The molecular weight excluding hydrogens is 468 g/mol. The molecule has 0 aromatic heterocycles. The number of ether oxygens (including phenoxy) is 2.